The molecule has 0 spiro atoms. The number of ether oxygens (including phenoxy) is 1. The number of aromatic amines is 1. The van der Waals surface area contributed by atoms with Gasteiger partial charge in [0, 0.05) is 35.8 Å². The van der Waals surface area contributed by atoms with Crippen LogP contribution in [-0.2, 0) is 6.54 Å². The lowest BCUT2D eigenvalue weighted by molar-refractivity contribution is 0.411. The Labute approximate surface area is 162 Å². The van der Waals surface area contributed by atoms with E-state index < -0.39 is 0 Å². The van der Waals surface area contributed by atoms with Crippen molar-refractivity contribution in [3.05, 3.63) is 65.9 Å². The number of H-pyrrole nitrogens is 1. The number of methoxy groups -OCH3 is 1. The Morgan fingerprint density at radius 2 is 2.04 bits per heavy atom. The number of rotatable bonds is 6. The summed E-state index contributed by atoms with van der Waals surface area (Å²) in [5, 5.41) is 14.9. The molecule has 0 unspecified atom stereocenters. The van der Waals surface area contributed by atoms with Gasteiger partial charge >= 0.3 is 0 Å². The Bertz CT molecular complexity index is 1080. The molecule has 0 aliphatic carbocycles. The molecular formula is C20H21N7O. The number of benzene rings is 1. The zero-order valence-corrected chi connectivity index (χ0v) is 16.0. The lowest BCUT2D eigenvalue weighted by Gasteiger charge is -2.07. The second kappa shape index (κ2) is 7.51. The second-order valence-corrected chi connectivity index (χ2v) is 6.38. The van der Waals surface area contributed by atoms with Crippen LogP contribution in [0, 0.1) is 13.8 Å². The molecule has 142 valence electrons. The van der Waals surface area contributed by atoms with Crippen LogP contribution in [0.5, 0.6) is 5.75 Å². The standard InChI is InChI=1S/C20H21N7O/c1-13-16(14(2)26-25-13)11-22-20-21-9-8-17(24-20)15-10-23-27(12-15)18-6-4-5-7-19(18)28-3/h4-10,12H,11H2,1-3H3,(H,25,26)(H,21,22,24). The third-order valence-corrected chi connectivity index (χ3v) is 4.57. The Balaban J connectivity index is 1.56. The number of nitrogens with one attached hydrogen (secondary N) is 2. The van der Waals surface area contributed by atoms with Crippen LogP contribution in [0.15, 0.2) is 48.9 Å². The predicted molar refractivity (Wildman–Crippen MR) is 107 cm³/mol. The maximum Gasteiger partial charge on any atom is 0.223 e. The minimum absolute atomic E-state index is 0.558. The molecule has 28 heavy (non-hydrogen) atoms. The van der Waals surface area contributed by atoms with E-state index in [-0.39, 0.29) is 0 Å². The number of hydrogen-bond acceptors (Lipinski definition) is 6. The first kappa shape index (κ1) is 17.7. The minimum Gasteiger partial charge on any atom is -0.494 e. The SMILES string of the molecule is COc1ccccc1-n1cc(-c2ccnc(NCc3c(C)n[nH]c3C)n2)cn1. The molecule has 0 amide bonds. The first-order valence-electron chi connectivity index (χ1n) is 8.91. The van der Waals surface area contributed by atoms with Gasteiger partial charge in [0.1, 0.15) is 11.4 Å². The fraction of sp³-hybridized carbons (Fsp3) is 0.200. The smallest absolute Gasteiger partial charge is 0.223 e. The van der Waals surface area contributed by atoms with Gasteiger partial charge in [-0.05, 0) is 32.0 Å². The van der Waals surface area contributed by atoms with Gasteiger partial charge in [-0.2, -0.15) is 10.2 Å². The third-order valence-electron chi connectivity index (χ3n) is 4.57. The monoisotopic (exact) mass is 375 g/mol. The first-order valence-corrected chi connectivity index (χ1v) is 8.91. The van der Waals surface area contributed by atoms with Crippen LogP contribution in [0.25, 0.3) is 16.9 Å². The van der Waals surface area contributed by atoms with Crippen molar-refractivity contribution in [3.8, 4) is 22.7 Å². The van der Waals surface area contributed by atoms with Crippen LogP contribution in [0.4, 0.5) is 5.95 Å². The Morgan fingerprint density at radius 1 is 1.18 bits per heavy atom. The summed E-state index contributed by atoms with van der Waals surface area (Å²) in [7, 11) is 1.65. The molecule has 2 N–H and O–H groups in total. The highest BCUT2D eigenvalue weighted by molar-refractivity contribution is 5.59. The fourth-order valence-corrected chi connectivity index (χ4v) is 3.01. The number of aryl methyl sites for hydroxylation is 2. The molecule has 0 saturated heterocycles. The molecule has 3 aromatic heterocycles. The van der Waals surface area contributed by atoms with Crippen molar-refractivity contribution in [2.24, 2.45) is 0 Å². The molecule has 0 fully saturated rings. The fourth-order valence-electron chi connectivity index (χ4n) is 3.01. The summed E-state index contributed by atoms with van der Waals surface area (Å²) in [4.78, 5) is 8.93. The summed E-state index contributed by atoms with van der Waals surface area (Å²) in [6.07, 6.45) is 5.44. The van der Waals surface area contributed by atoms with E-state index in [1.807, 2.05) is 50.4 Å². The first-order chi connectivity index (χ1) is 13.7. The molecule has 1 aromatic carbocycles. The highest BCUT2D eigenvalue weighted by Gasteiger charge is 2.10. The summed E-state index contributed by atoms with van der Waals surface area (Å²) in [5.74, 6) is 1.32. The largest absolute Gasteiger partial charge is 0.494 e. The highest BCUT2D eigenvalue weighted by Crippen LogP contribution is 2.24. The lowest BCUT2D eigenvalue weighted by atomic mass is 10.2. The Hall–Kier alpha value is -3.68. The molecule has 3 heterocycles. The second-order valence-electron chi connectivity index (χ2n) is 6.38. The molecule has 8 nitrogen and oxygen atoms in total. The molecule has 0 saturated carbocycles. The Kier molecular flexibility index (Phi) is 4.76. The van der Waals surface area contributed by atoms with Crippen molar-refractivity contribution in [3.63, 3.8) is 0 Å². The molecule has 0 aliphatic rings. The Morgan fingerprint density at radius 3 is 2.82 bits per heavy atom. The highest BCUT2D eigenvalue weighted by atomic mass is 16.5. The average Bonchev–Trinajstić information content (AvgIpc) is 3.34. The van der Waals surface area contributed by atoms with Gasteiger partial charge in [-0.15, -0.1) is 0 Å². The zero-order chi connectivity index (χ0) is 19.5. The maximum atomic E-state index is 5.42. The van der Waals surface area contributed by atoms with Gasteiger partial charge in [0.05, 0.1) is 24.7 Å². The molecule has 0 atom stereocenters. The molecule has 0 radical (unpaired) electrons. The summed E-state index contributed by atoms with van der Waals surface area (Å²) in [6, 6.07) is 9.61. The van der Waals surface area contributed by atoms with E-state index in [2.05, 4.69) is 30.6 Å². The summed E-state index contributed by atoms with van der Waals surface area (Å²) in [6.45, 7) is 4.59. The van der Waals surface area contributed by atoms with Crippen molar-refractivity contribution in [2.45, 2.75) is 20.4 Å². The van der Waals surface area contributed by atoms with Gasteiger partial charge in [-0.1, -0.05) is 12.1 Å². The number of hydrogen-bond donors (Lipinski definition) is 2. The number of anilines is 1. The lowest BCUT2D eigenvalue weighted by Crippen LogP contribution is -2.05. The topological polar surface area (TPSA) is 93.5 Å². The average molecular weight is 375 g/mol. The minimum atomic E-state index is 0.558. The van der Waals surface area contributed by atoms with Crippen LogP contribution in [0.1, 0.15) is 17.0 Å². The van der Waals surface area contributed by atoms with E-state index in [9.17, 15) is 0 Å². The molecule has 0 bridgehead atoms. The quantitative estimate of drug-likeness (QED) is 0.537. The van der Waals surface area contributed by atoms with Gasteiger partial charge in [-0.25, -0.2) is 14.6 Å². The van der Waals surface area contributed by atoms with Crippen LogP contribution in [-0.4, -0.2) is 37.1 Å². The summed E-state index contributed by atoms with van der Waals surface area (Å²) < 4.78 is 7.20. The molecule has 8 heteroatoms. The molecule has 4 rings (SSSR count). The van der Waals surface area contributed by atoms with Crippen molar-refractivity contribution in [1.82, 2.24) is 29.9 Å². The van der Waals surface area contributed by atoms with E-state index >= 15 is 0 Å². The predicted octanol–water partition coefficient (Wildman–Crippen LogP) is 3.29. The van der Waals surface area contributed by atoms with Crippen LogP contribution in [0.2, 0.25) is 0 Å². The van der Waals surface area contributed by atoms with Crippen molar-refractivity contribution in [2.75, 3.05) is 12.4 Å². The van der Waals surface area contributed by atoms with Gasteiger partial charge < -0.3 is 10.1 Å². The van der Waals surface area contributed by atoms with Crippen LogP contribution in [0.3, 0.4) is 0 Å². The van der Waals surface area contributed by atoms with Gasteiger partial charge in [0.15, 0.2) is 0 Å². The third kappa shape index (κ3) is 3.44. The van der Waals surface area contributed by atoms with E-state index in [4.69, 9.17) is 4.74 Å². The van der Waals surface area contributed by atoms with E-state index in [0.29, 0.717) is 12.5 Å². The molecule has 0 aliphatic heterocycles. The number of para-hydroxylation sites is 2. The van der Waals surface area contributed by atoms with E-state index in [0.717, 1.165) is 39.6 Å². The van der Waals surface area contributed by atoms with Gasteiger partial charge in [0.2, 0.25) is 5.95 Å². The van der Waals surface area contributed by atoms with Crippen LogP contribution >= 0.6 is 0 Å². The number of aromatic nitrogens is 6. The van der Waals surface area contributed by atoms with Crippen molar-refractivity contribution >= 4 is 5.95 Å². The van der Waals surface area contributed by atoms with Crippen LogP contribution < -0.4 is 10.1 Å². The van der Waals surface area contributed by atoms with E-state index in [1.165, 1.54) is 0 Å². The van der Waals surface area contributed by atoms with Crippen molar-refractivity contribution in [1.29, 1.82) is 0 Å². The van der Waals surface area contributed by atoms with E-state index in [1.54, 1.807) is 24.2 Å². The molecular weight excluding hydrogens is 354 g/mol. The zero-order valence-electron chi connectivity index (χ0n) is 16.0. The maximum absolute atomic E-state index is 5.42. The normalized spacial score (nSPS) is 10.8. The summed E-state index contributed by atoms with van der Waals surface area (Å²) in [5.41, 5.74) is 5.69. The number of nitrogens with zero attached hydrogens (tertiary/aromatic N) is 5. The molecule has 4 aromatic rings. The van der Waals surface area contributed by atoms with Crippen molar-refractivity contribution < 1.29 is 4.74 Å². The van der Waals surface area contributed by atoms with Gasteiger partial charge in [0.25, 0.3) is 0 Å². The van der Waals surface area contributed by atoms with Gasteiger partial charge in [-0.3, -0.25) is 5.10 Å². The summed E-state index contributed by atoms with van der Waals surface area (Å²) >= 11 is 0.